The molecule has 2 heteroatoms. The average Bonchev–Trinajstić information content (AvgIpc) is 3.10. The van der Waals surface area contributed by atoms with Crippen LogP contribution < -0.4 is 5.32 Å². The van der Waals surface area contributed by atoms with E-state index in [2.05, 4.69) is 47.8 Å². The molecule has 2 atom stereocenters. The van der Waals surface area contributed by atoms with Crippen molar-refractivity contribution in [3.05, 3.63) is 48.0 Å². The lowest BCUT2D eigenvalue weighted by molar-refractivity contribution is -0.125. The summed E-state index contributed by atoms with van der Waals surface area (Å²) in [7, 11) is 0. The Morgan fingerprint density at radius 1 is 1.00 bits per heavy atom. The summed E-state index contributed by atoms with van der Waals surface area (Å²) in [6.45, 7) is 0.645. The van der Waals surface area contributed by atoms with Crippen LogP contribution in [-0.4, -0.2) is 5.91 Å². The number of carbonyl (C=O) groups excluding carboxylic acids is 1. The summed E-state index contributed by atoms with van der Waals surface area (Å²) in [6.07, 6.45) is 3.60. The molecule has 1 amide bonds. The zero-order valence-electron chi connectivity index (χ0n) is 11.5. The van der Waals surface area contributed by atoms with Crippen LogP contribution in [0.25, 0.3) is 10.8 Å². The number of hydrogen-bond acceptors (Lipinski definition) is 1. The first-order chi connectivity index (χ1) is 9.81. The Morgan fingerprint density at radius 3 is 2.60 bits per heavy atom. The molecule has 2 nitrogen and oxygen atoms in total. The van der Waals surface area contributed by atoms with Gasteiger partial charge in [0.2, 0.25) is 5.91 Å². The molecule has 0 aliphatic heterocycles. The van der Waals surface area contributed by atoms with Gasteiger partial charge in [0.25, 0.3) is 0 Å². The third kappa shape index (κ3) is 2.09. The van der Waals surface area contributed by atoms with E-state index >= 15 is 0 Å². The van der Waals surface area contributed by atoms with Crippen LogP contribution in [0.2, 0.25) is 0 Å². The standard InChI is InChI=1S/C18H19NO/c20-18(16-9-14-8-15(14)10-16)19-11-13-6-3-5-12-4-1-2-7-17(12)13/h1-7,14-16H,8-11H2,(H,19,20). The highest BCUT2D eigenvalue weighted by Gasteiger charge is 2.47. The van der Waals surface area contributed by atoms with Gasteiger partial charge >= 0.3 is 0 Å². The largest absolute Gasteiger partial charge is 0.352 e. The molecule has 0 bridgehead atoms. The highest BCUT2D eigenvalue weighted by atomic mass is 16.1. The molecule has 2 saturated carbocycles. The van der Waals surface area contributed by atoms with Crippen molar-refractivity contribution >= 4 is 16.7 Å². The van der Waals surface area contributed by atoms with Crippen LogP contribution in [0.4, 0.5) is 0 Å². The minimum Gasteiger partial charge on any atom is -0.352 e. The Hall–Kier alpha value is -1.83. The third-order valence-corrected chi connectivity index (χ3v) is 4.95. The number of fused-ring (bicyclic) bond motifs is 2. The molecule has 1 N–H and O–H groups in total. The first kappa shape index (κ1) is 12.0. The number of nitrogens with one attached hydrogen (secondary N) is 1. The van der Waals surface area contributed by atoms with E-state index in [4.69, 9.17) is 0 Å². The molecule has 0 aromatic heterocycles. The van der Waals surface area contributed by atoms with E-state index in [-0.39, 0.29) is 11.8 Å². The SMILES string of the molecule is O=C(NCc1cccc2ccccc12)C1CC2CC2C1. The molecule has 0 heterocycles. The molecule has 102 valence electrons. The molecular weight excluding hydrogens is 246 g/mol. The summed E-state index contributed by atoms with van der Waals surface area (Å²) in [5.41, 5.74) is 1.21. The van der Waals surface area contributed by atoms with E-state index in [0.717, 1.165) is 24.7 Å². The molecule has 2 aromatic rings. The first-order valence-corrected chi connectivity index (χ1v) is 7.55. The van der Waals surface area contributed by atoms with Crippen LogP contribution in [0.1, 0.15) is 24.8 Å². The predicted molar refractivity (Wildman–Crippen MR) is 80.1 cm³/mol. The Morgan fingerprint density at radius 2 is 1.75 bits per heavy atom. The summed E-state index contributed by atoms with van der Waals surface area (Å²) < 4.78 is 0. The smallest absolute Gasteiger partial charge is 0.223 e. The van der Waals surface area contributed by atoms with Crippen molar-refractivity contribution in [1.29, 1.82) is 0 Å². The van der Waals surface area contributed by atoms with E-state index in [1.165, 1.54) is 22.8 Å². The van der Waals surface area contributed by atoms with Gasteiger partial charge in [-0.1, -0.05) is 42.5 Å². The molecule has 0 saturated heterocycles. The quantitative estimate of drug-likeness (QED) is 0.904. The van der Waals surface area contributed by atoms with Crippen molar-refractivity contribution in [3.8, 4) is 0 Å². The Kier molecular flexibility index (Phi) is 2.76. The van der Waals surface area contributed by atoms with E-state index in [1.807, 2.05) is 0 Å². The van der Waals surface area contributed by atoms with Gasteiger partial charge in [-0.25, -0.2) is 0 Å². The summed E-state index contributed by atoms with van der Waals surface area (Å²) in [5.74, 6) is 2.26. The first-order valence-electron chi connectivity index (χ1n) is 7.55. The summed E-state index contributed by atoms with van der Waals surface area (Å²) in [6, 6.07) is 14.6. The highest BCUT2D eigenvalue weighted by molar-refractivity contribution is 5.86. The normalized spacial score (nSPS) is 27.3. The fourth-order valence-electron chi connectivity index (χ4n) is 3.70. The van der Waals surface area contributed by atoms with Gasteiger partial charge in [-0.3, -0.25) is 4.79 Å². The lowest BCUT2D eigenvalue weighted by Gasteiger charge is -2.13. The summed E-state index contributed by atoms with van der Waals surface area (Å²) >= 11 is 0. The van der Waals surface area contributed by atoms with Crippen molar-refractivity contribution in [1.82, 2.24) is 5.32 Å². The van der Waals surface area contributed by atoms with Gasteiger partial charge < -0.3 is 5.32 Å². The number of carbonyl (C=O) groups is 1. The second kappa shape index (κ2) is 4.62. The van der Waals surface area contributed by atoms with Gasteiger partial charge in [0.15, 0.2) is 0 Å². The van der Waals surface area contributed by atoms with Crippen molar-refractivity contribution < 1.29 is 4.79 Å². The van der Waals surface area contributed by atoms with Crippen LogP contribution in [0.15, 0.2) is 42.5 Å². The second-order valence-corrected chi connectivity index (χ2v) is 6.28. The molecule has 20 heavy (non-hydrogen) atoms. The maximum atomic E-state index is 12.2. The molecule has 2 fully saturated rings. The second-order valence-electron chi connectivity index (χ2n) is 6.28. The van der Waals surface area contributed by atoms with Gasteiger partial charge in [-0.15, -0.1) is 0 Å². The van der Waals surface area contributed by atoms with Crippen LogP contribution >= 0.6 is 0 Å². The average molecular weight is 265 g/mol. The molecule has 2 aliphatic carbocycles. The Bertz CT molecular complexity index is 648. The Labute approximate surface area is 119 Å². The monoisotopic (exact) mass is 265 g/mol. The van der Waals surface area contributed by atoms with Gasteiger partial charge in [-0.2, -0.15) is 0 Å². The third-order valence-electron chi connectivity index (χ3n) is 4.95. The van der Waals surface area contributed by atoms with Crippen molar-refractivity contribution in [2.24, 2.45) is 17.8 Å². The van der Waals surface area contributed by atoms with E-state index in [0.29, 0.717) is 6.54 Å². The van der Waals surface area contributed by atoms with Crippen molar-refractivity contribution in [3.63, 3.8) is 0 Å². The maximum absolute atomic E-state index is 12.2. The minimum absolute atomic E-state index is 0.255. The van der Waals surface area contributed by atoms with Crippen LogP contribution in [0.5, 0.6) is 0 Å². The van der Waals surface area contributed by atoms with Crippen molar-refractivity contribution in [2.45, 2.75) is 25.8 Å². The van der Waals surface area contributed by atoms with Crippen LogP contribution in [0.3, 0.4) is 0 Å². The fourth-order valence-corrected chi connectivity index (χ4v) is 3.70. The van der Waals surface area contributed by atoms with E-state index in [1.54, 1.807) is 0 Å². The lowest BCUT2D eigenvalue weighted by atomic mass is 10.0. The number of benzene rings is 2. The Balaban J connectivity index is 1.46. The minimum atomic E-state index is 0.255. The molecule has 2 aromatic carbocycles. The highest BCUT2D eigenvalue weighted by Crippen LogP contribution is 2.54. The number of hydrogen-bond donors (Lipinski definition) is 1. The topological polar surface area (TPSA) is 29.1 Å². The zero-order chi connectivity index (χ0) is 13.5. The van der Waals surface area contributed by atoms with Gasteiger partial charge in [0.1, 0.15) is 0 Å². The lowest BCUT2D eigenvalue weighted by Crippen LogP contribution is -2.29. The molecular formula is C18H19NO. The van der Waals surface area contributed by atoms with Gasteiger partial charge in [0.05, 0.1) is 0 Å². The summed E-state index contributed by atoms with van der Waals surface area (Å²) in [4.78, 5) is 12.2. The number of amides is 1. The predicted octanol–water partition coefficient (Wildman–Crippen LogP) is 3.50. The van der Waals surface area contributed by atoms with Crippen molar-refractivity contribution in [2.75, 3.05) is 0 Å². The summed E-state index contributed by atoms with van der Waals surface area (Å²) in [5, 5.41) is 5.61. The maximum Gasteiger partial charge on any atom is 0.223 e. The van der Waals surface area contributed by atoms with E-state index < -0.39 is 0 Å². The number of rotatable bonds is 3. The molecule has 0 spiro atoms. The van der Waals surface area contributed by atoms with Gasteiger partial charge in [-0.05, 0) is 47.4 Å². The van der Waals surface area contributed by atoms with Gasteiger partial charge in [0, 0.05) is 12.5 Å². The van der Waals surface area contributed by atoms with E-state index in [9.17, 15) is 4.79 Å². The van der Waals surface area contributed by atoms with Crippen LogP contribution in [0, 0.1) is 17.8 Å². The molecule has 4 rings (SSSR count). The van der Waals surface area contributed by atoms with Crippen LogP contribution in [-0.2, 0) is 11.3 Å². The molecule has 2 aliphatic rings. The zero-order valence-corrected chi connectivity index (χ0v) is 11.5. The molecule has 2 unspecified atom stereocenters. The molecule has 0 radical (unpaired) electrons. The fraction of sp³-hybridized carbons (Fsp3) is 0.389.